The maximum atomic E-state index is 13.7. The van der Waals surface area contributed by atoms with Gasteiger partial charge in [-0.05, 0) is 31.0 Å². The van der Waals surface area contributed by atoms with E-state index < -0.39 is 11.6 Å². The summed E-state index contributed by atoms with van der Waals surface area (Å²) in [5.74, 6) is -1.37. The van der Waals surface area contributed by atoms with Gasteiger partial charge < -0.3 is 9.64 Å². The maximum absolute atomic E-state index is 13.7. The van der Waals surface area contributed by atoms with Crippen LogP contribution >= 0.6 is 11.6 Å². The van der Waals surface area contributed by atoms with Crippen molar-refractivity contribution in [1.82, 2.24) is 4.90 Å². The Morgan fingerprint density at radius 2 is 2.04 bits per heavy atom. The van der Waals surface area contributed by atoms with Gasteiger partial charge in [0, 0.05) is 24.7 Å². The van der Waals surface area contributed by atoms with Crippen molar-refractivity contribution in [2.24, 2.45) is 0 Å². The standard InChI is InChI=1S/C19H18ClF2NO2/c20-17-6-2-1-5-16(17)19(24)23-9-3-4-15(11-23)25-12-13-7-8-14(21)10-18(13)22/h1-2,5-8,10,15H,3-4,9,11-12H2. The molecule has 1 aliphatic rings. The normalized spacial score (nSPS) is 17.6. The predicted octanol–water partition coefficient (Wildman–Crippen LogP) is 4.44. The van der Waals surface area contributed by atoms with E-state index in [4.69, 9.17) is 16.3 Å². The quantitative estimate of drug-likeness (QED) is 0.801. The van der Waals surface area contributed by atoms with Gasteiger partial charge in [0.15, 0.2) is 0 Å². The third-order valence-corrected chi connectivity index (χ3v) is 4.59. The first-order valence-corrected chi connectivity index (χ1v) is 8.51. The van der Waals surface area contributed by atoms with E-state index in [0.29, 0.717) is 29.2 Å². The molecule has 132 valence electrons. The van der Waals surface area contributed by atoms with Crippen molar-refractivity contribution in [3.05, 3.63) is 70.2 Å². The van der Waals surface area contributed by atoms with Crippen molar-refractivity contribution in [3.63, 3.8) is 0 Å². The molecule has 1 saturated heterocycles. The molecule has 0 saturated carbocycles. The molecule has 1 fully saturated rings. The highest BCUT2D eigenvalue weighted by Gasteiger charge is 2.26. The van der Waals surface area contributed by atoms with Crippen molar-refractivity contribution >= 4 is 17.5 Å². The number of piperidine rings is 1. The Morgan fingerprint density at radius 3 is 2.80 bits per heavy atom. The van der Waals surface area contributed by atoms with Crippen LogP contribution in [0.3, 0.4) is 0 Å². The highest BCUT2D eigenvalue weighted by atomic mass is 35.5. The minimum Gasteiger partial charge on any atom is -0.372 e. The molecule has 0 bridgehead atoms. The Hall–Kier alpha value is -1.98. The third-order valence-electron chi connectivity index (χ3n) is 4.26. The summed E-state index contributed by atoms with van der Waals surface area (Å²) in [5, 5.41) is 0.420. The van der Waals surface area contributed by atoms with Gasteiger partial charge >= 0.3 is 0 Å². The lowest BCUT2D eigenvalue weighted by molar-refractivity contribution is -0.00764. The average Bonchev–Trinajstić information content (AvgIpc) is 2.61. The van der Waals surface area contributed by atoms with Crippen molar-refractivity contribution < 1.29 is 18.3 Å². The lowest BCUT2D eigenvalue weighted by atomic mass is 10.1. The molecular weight excluding hydrogens is 348 g/mol. The molecule has 25 heavy (non-hydrogen) atoms. The van der Waals surface area contributed by atoms with Crippen LogP contribution in [-0.4, -0.2) is 30.0 Å². The second kappa shape index (κ2) is 7.93. The zero-order chi connectivity index (χ0) is 17.8. The molecule has 0 radical (unpaired) electrons. The molecular formula is C19H18ClF2NO2. The summed E-state index contributed by atoms with van der Waals surface area (Å²) in [4.78, 5) is 14.3. The number of hydrogen-bond donors (Lipinski definition) is 0. The Balaban J connectivity index is 1.61. The second-order valence-electron chi connectivity index (χ2n) is 6.04. The number of halogens is 3. The molecule has 0 aromatic heterocycles. The summed E-state index contributed by atoms with van der Waals surface area (Å²) < 4.78 is 32.4. The molecule has 0 N–H and O–H groups in total. The Morgan fingerprint density at radius 1 is 1.24 bits per heavy atom. The molecule has 1 unspecified atom stereocenters. The van der Waals surface area contributed by atoms with Gasteiger partial charge in [0.1, 0.15) is 11.6 Å². The molecule has 3 rings (SSSR count). The van der Waals surface area contributed by atoms with Crippen molar-refractivity contribution in [3.8, 4) is 0 Å². The molecule has 3 nitrogen and oxygen atoms in total. The number of amides is 1. The van der Waals surface area contributed by atoms with Crippen LogP contribution in [0.5, 0.6) is 0 Å². The number of nitrogens with zero attached hydrogens (tertiary/aromatic N) is 1. The van der Waals surface area contributed by atoms with Gasteiger partial charge in [0.2, 0.25) is 0 Å². The van der Waals surface area contributed by atoms with Gasteiger partial charge in [-0.1, -0.05) is 29.8 Å². The molecule has 1 amide bonds. The topological polar surface area (TPSA) is 29.5 Å². The lowest BCUT2D eigenvalue weighted by Gasteiger charge is -2.33. The smallest absolute Gasteiger partial charge is 0.255 e. The summed E-state index contributed by atoms with van der Waals surface area (Å²) in [5.41, 5.74) is 0.769. The third kappa shape index (κ3) is 4.35. The van der Waals surface area contributed by atoms with E-state index in [0.717, 1.165) is 18.9 Å². The monoisotopic (exact) mass is 365 g/mol. The van der Waals surface area contributed by atoms with E-state index in [2.05, 4.69) is 0 Å². The first kappa shape index (κ1) is 17.8. The number of benzene rings is 2. The first-order valence-electron chi connectivity index (χ1n) is 8.14. The van der Waals surface area contributed by atoms with Gasteiger partial charge in [-0.25, -0.2) is 8.78 Å². The van der Waals surface area contributed by atoms with Gasteiger partial charge in [-0.3, -0.25) is 4.79 Å². The molecule has 1 heterocycles. The van der Waals surface area contributed by atoms with Gasteiger partial charge in [0.05, 0.1) is 23.3 Å². The predicted molar refractivity (Wildman–Crippen MR) is 91.5 cm³/mol. The van der Waals surface area contributed by atoms with Crippen LogP contribution in [0.2, 0.25) is 5.02 Å². The zero-order valence-corrected chi connectivity index (χ0v) is 14.3. The number of likely N-dealkylation sites (tertiary alicyclic amines) is 1. The molecule has 2 aromatic carbocycles. The molecule has 6 heteroatoms. The van der Waals surface area contributed by atoms with E-state index >= 15 is 0 Å². The number of rotatable bonds is 4. The average molecular weight is 366 g/mol. The Bertz CT molecular complexity index is 769. The Kier molecular flexibility index (Phi) is 5.66. The lowest BCUT2D eigenvalue weighted by Crippen LogP contribution is -2.43. The van der Waals surface area contributed by atoms with E-state index in [1.807, 2.05) is 0 Å². The number of carbonyl (C=O) groups is 1. The zero-order valence-electron chi connectivity index (χ0n) is 13.6. The summed E-state index contributed by atoms with van der Waals surface area (Å²) in [6.45, 7) is 1.10. The van der Waals surface area contributed by atoms with Crippen LogP contribution in [0.15, 0.2) is 42.5 Å². The number of carbonyl (C=O) groups excluding carboxylic acids is 1. The van der Waals surface area contributed by atoms with Crippen LogP contribution in [0.25, 0.3) is 0 Å². The van der Waals surface area contributed by atoms with Crippen LogP contribution in [0.1, 0.15) is 28.8 Å². The molecule has 1 atom stereocenters. The van der Waals surface area contributed by atoms with Crippen LogP contribution in [-0.2, 0) is 11.3 Å². The van der Waals surface area contributed by atoms with Gasteiger partial charge in [-0.2, -0.15) is 0 Å². The fourth-order valence-electron chi connectivity index (χ4n) is 2.91. The fraction of sp³-hybridized carbons (Fsp3) is 0.316. The minimum atomic E-state index is -0.625. The summed E-state index contributed by atoms with van der Waals surface area (Å²) >= 11 is 6.10. The second-order valence-corrected chi connectivity index (χ2v) is 6.45. The molecule has 0 spiro atoms. The SMILES string of the molecule is O=C(c1ccccc1Cl)N1CCCC(OCc2ccc(F)cc2F)C1. The Labute approximate surface area is 150 Å². The maximum Gasteiger partial charge on any atom is 0.255 e. The summed E-state index contributed by atoms with van der Waals surface area (Å²) in [7, 11) is 0. The number of hydrogen-bond acceptors (Lipinski definition) is 2. The van der Waals surface area contributed by atoms with E-state index in [1.54, 1.807) is 29.2 Å². The van der Waals surface area contributed by atoms with Gasteiger partial charge in [-0.15, -0.1) is 0 Å². The van der Waals surface area contributed by atoms with Crippen molar-refractivity contribution in [1.29, 1.82) is 0 Å². The van der Waals surface area contributed by atoms with E-state index in [1.165, 1.54) is 12.1 Å². The minimum absolute atomic E-state index is 0.0465. The summed E-state index contributed by atoms with van der Waals surface area (Å²) in [6.07, 6.45) is 1.40. The van der Waals surface area contributed by atoms with E-state index in [9.17, 15) is 13.6 Å². The van der Waals surface area contributed by atoms with Crippen molar-refractivity contribution in [2.75, 3.05) is 13.1 Å². The fourth-order valence-corrected chi connectivity index (χ4v) is 3.13. The molecule has 2 aromatic rings. The largest absolute Gasteiger partial charge is 0.372 e. The highest BCUT2D eigenvalue weighted by molar-refractivity contribution is 6.33. The van der Waals surface area contributed by atoms with Gasteiger partial charge in [0.25, 0.3) is 5.91 Å². The first-order chi connectivity index (χ1) is 12.0. The van der Waals surface area contributed by atoms with E-state index in [-0.39, 0.29) is 18.6 Å². The van der Waals surface area contributed by atoms with Crippen LogP contribution in [0, 0.1) is 11.6 Å². The van der Waals surface area contributed by atoms with Crippen molar-refractivity contribution in [2.45, 2.75) is 25.6 Å². The molecule has 0 aliphatic carbocycles. The number of ether oxygens (including phenoxy) is 1. The summed E-state index contributed by atoms with van der Waals surface area (Å²) in [6, 6.07) is 10.3. The van der Waals surface area contributed by atoms with Crippen LogP contribution in [0.4, 0.5) is 8.78 Å². The van der Waals surface area contributed by atoms with Crippen LogP contribution < -0.4 is 0 Å². The highest BCUT2D eigenvalue weighted by Crippen LogP contribution is 2.22. The molecule has 1 aliphatic heterocycles.